The monoisotopic (exact) mass is 461 g/mol. The minimum absolute atomic E-state index is 0.150. The minimum atomic E-state index is -0.229. The fourth-order valence-electron chi connectivity index (χ4n) is 3.40. The lowest BCUT2D eigenvalue weighted by atomic mass is 10.1. The second-order valence-corrected chi connectivity index (χ2v) is 8.85. The molecule has 2 amide bonds. The number of benzene rings is 1. The molecule has 4 aromatic rings. The van der Waals surface area contributed by atoms with Crippen molar-refractivity contribution in [1.29, 1.82) is 0 Å². The summed E-state index contributed by atoms with van der Waals surface area (Å²) in [6.45, 7) is 4.20. The molecule has 8 nitrogen and oxygen atoms in total. The van der Waals surface area contributed by atoms with Crippen LogP contribution in [0.1, 0.15) is 38.6 Å². The van der Waals surface area contributed by atoms with Crippen LogP contribution in [-0.4, -0.2) is 26.8 Å². The van der Waals surface area contributed by atoms with E-state index in [9.17, 15) is 14.4 Å². The second-order valence-electron chi connectivity index (χ2n) is 7.64. The fraction of sp³-hybridized carbons (Fsp3) is 0.208. The third kappa shape index (κ3) is 5.32. The topological polar surface area (TPSA) is 117 Å². The molecule has 4 rings (SSSR count). The first-order chi connectivity index (χ1) is 15.9. The normalized spacial score (nSPS) is 10.8. The van der Waals surface area contributed by atoms with E-state index in [1.165, 1.54) is 11.3 Å². The lowest BCUT2D eigenvalue weighted by molar-refractivity contribution is -0.121. The predicted molar refractivity (Wildman–Crippen MR) is 129 cm³/mol. The maximum absolute atomic E-state index is 12.4. The first kappa shape index (κ1) is 22.3. The molecule has 0 radical (unpaired) electrons. The Hall–Kier alpha value is -3.85. The molecule has 0 saturated heterocycles. The number of carbonyl (C=O) groups excluding carboxylic acids is 2. The zero-order chi connectivity index (χ0) is 23.4. The van der Waals surface area contributed by atoms with E-state index in [0.29, 0.717) is 40.3 Å². The Kier molecular flexibility index (Phi) is 6.60. The molecule has 0 fully saturated rings. The van der Waals surface area contributed by atoms with Crippen LogP contribution in [0.3, 0.4) is 0 Å². The van der Waals surface area contributed by atoms with Crippen LogP contribution >= 0.6 is 11.3 Å². The number of nitrogens with zero attached hydrogens (tertiary/aromatic N) is 2. The van der Waals surface area contributed by atoms with Gasteiger partial charge in [-0.2, -0.15) is 0 Å². The summed E-state index contributed by atoms with van der Waals surface area (Å²) >= 11 is 1.49. The summed E-state index contributed by atoms with van der Waals surface area (Å²) < 4.78 is 0. The van der Waals surface area contributed by atoms with Gasteiger partial charge >= 0.3 is 0 Å². The Morgan fingerprint density at radius 3 is 2.70 bits per heavy atom. The number of aromatic nitrogens is 3. The molecule has 0 atom stereocenters. The number of aryl methyl sites for hydroxylation is 3. The number of rotatable bonds is 7. The van der Waals surface area contributed by atoms with E-state index in [2.05, 4.69) is 25.6 Å². The van der Waals surface area contributed by atoms with Crippen LogP contribution in [-0.2, 0) is 17.8 Å². The van der Waals surface area contributed by atoms with Gasteiger partial charge in [-0.05, 0) is 49.2 Å². The number of amides is 2. The standard InChI is InChI=1S/C24H23N5O3S/c1-14-15(2)33-24-21(14)23(32)28-19(29-24)6-7-20(30)26-13-16-4-3-5-18(12-16)27-22(31)17-8-10-25-11-9-17/h3-5,8-12H,6-7,13H2,1-2H3,(H,26,30)(H,27,31)(H,28,29,32). The van der Waals surface area contributed by atoms with Gasteiger partial charge in [0.15, 0.2) is 0 Å². The number of carbonyl (C=O) groups is 2. The summed E-state index contributed by atoms with van der Waals surface area (Å²) in [6.07, 6.45) is 3.67. The molecule has 3 N–H and O–H groups in total. The van der Waals surface area contributed by atoms with Gasteiger partial charge in [0.25, 0.3) is 11.5 Å². The molecule has 0 aliphatic rings. The third-order valence-corrected chi connectivity index (χ3v) is 6.40. The van der Waals surface area contributed by atoms with Crippen molar-refractivity contribution in [3.8, 4) is 0 Å². The highest BCUT2D eigenvalue weighted by Crippen LogP contribution is 2.25. The van der Waals surface area contributed by atoms with Gasteiger partial charge < -0.3 is 15.6 Å². The maximum Gasteiger partial charge on any atom is 0.259 e. The lowest BCUT2D eigenvalue weighted by Crippen LogP contribution is -2.24. The second kappa shape index (κ2) is 9.74. The third-order valence-electron chi connectivity index (χ3n) is 5.29. The Morgan fingerprint density at radius 2 is 1.91 bits per heavy atom. The average Bonchev–Trinajstić information content (AvgIpc) is 3.10. The Labute approximate surface area is 194 Å². The molecule has 0 saturated carbocycles. The number of fused-ring (bicyclic) bond motifs is 1. The number of anilines is 1. The summed E-state index contributed by atoms with van der Waals surface area (Å²) in [5, 5.41) is 6.33. The molecular weight excluding hydrogens is 438 g/mol. The van der Waals surface area contributed by atoms with Crippen molar-refractivity contribution in [2.45, 2.75) is 33.2 Å². The van der Waals surface area contributed by atoms with Crippen LogP contribution in [0.4, 0.5) is 5.69 Å². The molecule has 33 heavy (non-hydrogen) atoms. The molecule has 9 heteroatoms. The van der Waals surface area contributed by atoms with Crippen LogP contribution in [0.5, 0.6) is 0 Å². The average molecular weight is 462 g/mol. The van der Waals surface area contributed by atoms with Gasteiger partial charge in [0.1, 0.15) is 10.7 Å². The summed E-state index contributed by atoms with van der Waals surface area (Å²) in [7, 11) is 0. The van der Waals surface area contributed by atoms with E-state index in [1.54, 1.807) is 30.6 Å². The van der Waals surface area contributed by atoms with Gasteiger partial charge in [-0.1, -0.05) is 12.1 Å². The highest BCUT2D eigenvalue weighted by molar-refractivity contribution is 7.18. The van der Waals surface area contributed by atoms with E-state index < -0.39 is 0 Å². The number of hydrogen-bond donors (Lipinski definition) is 3. The van der Waals surface area contributed by atoms with E-state index in [0.717, 1.165) is 16.0 Å². The molecule has 0 spiro atoms. The Bertz CT molecular complexity index is 1380. The number of hydrogen-bond acceptors (Lipinski definition) is 6. The number of H-pyrrole nitrogens is 1. The quantitative estimate of drug-likeness (QED) is 0.389. The largest absolute Gasteiger partial charge is 0.352 e. The van der Waals surface area contributed by atoms with Crippen molar-refractivity contribution in [1.82, 2.24) is 20.3 Å². The molecule has 3 aromatic heterocycles. The maximum atomic E-state index is 12.4. The highest BCUT2D eigenvalue weighted by Gasteiger charge is 2.13. The molecule has 3 heterocycles. The highest BCUT2D eigenvalue weighted by atomic mass is 32.1. The van der Waals surface area contributed by atoms with Crippen LogP contribution in [0, 0.1) is 13.8 Å². The number of pyridine rings is 1. The van der Waals surface area contributed by atoms with Gasteiger partial charge in [-0.15, -0.1) is 11.3 Å². The van der Waals surface area contributed by atoms with Crippen molar-refractivity contribution in [2.75, 3.05) is 5.32 Å². The van der Waals surface area contributed by atoms with Crippen molar-refractivity contribution >= 4 is 39.1 Å². The van der Waals surface area contributed by atoms with Gasteiger partial charge in [0, 0.05) is 47.9 Å². The van der Waals surface area contributed by atoms with Crippen molar-refractivity contribution in [2.24, 2.45) is 0 Å². The molecule has 1 aromatic carbocycles. The van der Waals surface area contributed by atoms with Crippen molar-refractivity contribution in [3.63, 3.8) is 0 Å². The van der Waals surface area contributed by atoms with Crippen LogP contribution < -0.4 is 16.2 Å². The van der Waals surface area contributed by atoms with Crippen molar-refractivity contribution in [3.05, 3.63) is 86.5 Å². The van der Waals surface area contributed by atoms with E-state index >= 15 is 0 Å². The van der Waals surface area contributed by atoms with Gasteiger partial charge in [-0.25, -0.2) is 4.98 Å². The first-order valence-corrected chi connectivity index (χ1v) is 11.3. The number of thiophene rings is 1. The Balaban J connectivity index is 1.32. The molecule has 0 bridgehead atoms. The smallest absolute Gasteiger partial charge is 0.259 e. The summed E-state index contributed by atoms with van der Waals surface area (Å²) in [5.74, 6) is 0.125. The minimum Gasteiger partial charge on any atom is -0.352 e. The Morgan fingerprint density at radius 1 is 1.12 bits per heavy atom. The van der Waals surface area contributed by atoms with Crippen LogP contribution in [0.15, 0.2) is 53.6 Å². The van der Waals surface area contributed by atoms with E-state index in [-0.39, 0.29) is 23.8 Å². The van der Waals surface area contributed by atoms with Gasteiger partial charge in [0.05, 0.1) is 5.39 Å². The molecule has 0 aliphatic heterocycles. The SMILES string of the molecule is Cc1sc2nc(CCC(=O)NCc3cccc(NC(=O)c4ccncc4)c3)[nH]c(=O)c2c1C. The van der Waals surface area contributed by atoms with Gasteiger partial charge in [-0.3, -0.25) is 19.4 Å². The summed E-state index contributed by atoms with van der Waals surface area (Å²) in [6, 6.07) is 10.6. The van der Waals surface area contributed by atoms with Gasteiger partial charge in [0.2, 0.25) is 5.91 Å². The van der Waals surface area contributed by atoms with E-state index in [4.69, 9.17) is 0 Å². The summed E-state index contributed by atoms with van der Waals surface area (Å²) in [5.41, 5.74) is 2.80. The van der Waals surface area contributed by atoms with Crippen LogP contribution in [0.2, 0.25) is 0 Å². The predicted octanol–water partition coefficient (Wildman–Crippen LogP) is 3.50. The molecular formula is C24H23N5O3S. The fourth-order valence-corrected chi connectivity index (χ4v) is 4.45. The number of aromatic amines is 1. The van der Waals surface area contributed by atoms with Crippen molar-refractivity contribution < 1.29 is 9.59 Å². The first-order valence-electron chi connectivity index (χ1n) is 10.5. The molecule has 168 valence electrons. The molecule has 0 unspecified atom stereocenters. The zero-order valence-corrected chi connectivity index (χ0v) is 19.1. The van der Waals surface area contributed by atoms with Crippen LogP contribution in [0.25, 0.3) is 10.2 Å². The summed E-state index contributed by atoms with van der Waals surface area (Å²) in [4.78, 5) is 50.0. The van der Waals surface area contributed by atoms with E-state index in [1.807, 2.05) is 32.0 Å². The molecule has 0 aliphatic carbocycles. The lowest BCUT2D eigenvalue weighted by Gasteiger charge is -2.09. The zero-order valence-electron chi connectivity index (χ0n) is 18.3. The number of nitrogens with one attached hydrogen (secondary N) is 3.